The van der Waals surface area contributed by atoms with Crippen LogP contribution in [0.15, 0.2) is 35.3 Å². The highest BCUT2D eigenvalue weighted by atomic mass is 19.4. The maximum Gasteiger partial charge on any atom is 0.433 e. The molecule has 0 saturated heterocycles. The van der Waals surface area contributed by atoms with Gasteiger partial charge in [0, 0.05) is 24.8 Å². The highest BCUT2D eigenvalue weighted by molar-refractivity contribution is 5.32. The van der Waals surface area contributed by atoms with Gasteiger partial charge in [0.15, 0.2) is 0 Å². The Morgan fingerprint density at radius 2 is 2.11 bits per heavy atom. The molecule has 0 fully saturated rings. The van der Waals surface area contributed by atoms with Crippen LogP contribution in [-0.4, -0.2) is 16.5 Å². The molecule has 0 unspecified atom stereocenters. The Kier molecular flexibility index (Phi) is 3.73. The maximum absolute atomic E-state index is 12.6. The second kappa shape index (κ2) is 5.29. The largest absolute Gasteiger partial charge is 0.472 e. The van der Waals surface area contributed by atoms with E-state index in [1.807, 2.05) is 6.92 Å². The van der Waals surface area contributed by atoms with Crippen LogP contribution in [0.3, 0.4) is 0 Å². The summed E-state index contributed by atoms with van der Waals surface area (Å²) in [6.45, 7) is 2.71. The second-order valence-electron chi connectivity index (χ2n) is 3.89. The Bertz CT molecular complexity index is 525. The molecule has 2 rings (SSSR count). The van der Waals surface area contributed by atoms with Crippen molar-refractivity contribution in [3.63, 3.8) is 0 Å². The molecule has 2 aromatic rings. The summed E-state index contributed by atoms with van der Waals surface area (Å²) in [4.78, 5) is 9.08. The maximum atomic E-state index is 12.6. The average molecular weight is 271 g/mol. The lowest BCUT2D eigenvalue weighted by Crippen LogP contribution is -2.25. The Labute approximate surface area is 107 Å². The first-order valence-corrected chi connectivity index (χ1v) is 5.67. The van der Waals surface area contributed by atoms with Gasteiger partial charge in [-0.2, -0.15) is 13.2 Å². The molecule has 0 aliphatic rings. The zero-order valence-corrected chi connectivity index (χ0v) is 10.2. The molecule has 0 aliphatic carbocycles. The van der Waals surface area contributed by atoms with Crippen molar-refractivity contribution in [1.82, 2.24) is 9.97 Å². The summed E-state index contributed by atoms with van der Waals surface area (Å²) in [7, 11) is 0. The predicted octanol–water partition coefficient (Wildman–Crippen LogP) is 3.11. The topological polar surface area (TPSA) is 42.2 Å². The molecule has 0 saturated carbocycles. The molecule has 4 nitrogen and oxygen atoms in total. The van der Waals surface area contributed by atoms with E-state index >= 15 is 0 Å². The fraction of sp³-hybridized carbons (Fsp3) is 0.333. The minimum Gasteiger partial charge on any atom is -0.472 e. The van der Waals surface area contributed by atoms with Gasteiger partial charge in [0.05, 0.1) is 12.5 Å². The molecule has 2 aromatic heterocycles. The summed E-state index contributed by atoms with van der Waals surface area (Å²) in [6.07, 6.45) is -0.303. The molecule has 0 aromatic carbocycles. The number of anilines is 1. The van der Waals surface area contributed by atoms with Gasteiger partial charge in [-0.05, 0) is 19.1 Å². The van der Waals surface area contributed by atoms with E-state index in [0.29, 0.717) is 13.1 Å². The number of furan rings is 1. The molecule has 0 atom stereocenters. The summed E-state index contributed by atoms with van der Waals surface area (Å²) >= 11 is 0. The summed E-state index contributed by atoms with van der Waals surface area (Å²) in [5.41, 5.74) is -0.0917. The molecule has 0 amide bonds. The van der Waals surface area contributed by atoms with E-state index in [9.17, 15) is 13.2 Å². The second-order valence-corrected chi connectivity index (χ2v) is 3.89. The minimum atomic E-state index is -4.47. The van der Waals surface area contributed by atoms with Crippen molar-refractivity contribution in [2.24, 2.45) is 0 Å². The van der Waals surface area contributed by atoms with E-state index in [1.54, 1.807) is 11.0 Å². The monoisotopic (exact) mass is 271 g/mol. The Balaban J connectivity index is 2.23. The lowest BCUT2D eigenvalue weighted by molar-refractivity contribution is -0.141. The Morgan fingerprint density at radius 3 is 2.68 bits per heavy atom. The van der Waals surface area contributed by atoms with Crippen LogP contribution in [0.1, 0.15) is 18.2 Å². The Hall–Kier alpha value is -2.05. The SMILES string of the molecule is CCN(Cc1ccoc1)c1nccc(C(F)(F)F)n1. The lowest BCUT2D eigenvalue weighted by atomic mass is 10.3. The number of hydrogen-bond acceptors (Lipinski definition) is 4. The number of rotatable bonds is 4. The molecule has 19 heavy (non-hydrogen) atoms. The van der Waals surface area contributed by atoms with Crippen LogP contribution in [0.25, 0.3) is 0 Å². The Morgan fingerprint density at radius 1 is 1.32 bits per heavy atom. The van der Waals surface area contributed by atoms with Crippen molar-refractivity contribution in [3.05, 3.63) is 42.1 Å². The van der Waals surface area contributed by atoms with Gasteiger partial charge in [0.1, 0.15) is 5.69 Å². The molecule has 102 valence electrons. The van der Waals surface area contributed by atoms with Crippen LogP contribution in [-0.2, 0) is 12.7 Å². The lowest BCUT2D eigenvalue weighted by Gasteiger charge is -2.20. The summed E-state index contributed by atoms with van der Waals surface area (Å²) in [5, 5.41) is 0. The molecule has 0 radical (unpaired) electrons. The normalized spacial score (nSPS) is 11.6. The van der Waals surface area contributed by atoms with Crippen LogP contribution < -0.4 is 4.90 Å². The molecule has 0 N–H and O–H groups in total. The number of alkyl halides is 3. The van der Waals surface area contributed by atoms with E-state index in [2.05, 4.69) is 9.97 Å². The molecular weight excluding hydrogens is 259 g/mol. The standard InChI is InChI=1S/C12H12F3N3O/c1-2-18(7-9-4-6-19-8-9)11-16-5-3-10(17-11)12(13,14)15/h3-6,8H,2,7H2,1H3. The zero-order valence-electron chi connectivity index (χ0n) is 10.2. The van der Waals surface area contributed by atoms with Crippen LogP contribution in [0.5, 0.6) is 0 Å². The van der Waals surface area contributed by atoms with Crippen LogP contribution in [0.4, 0.5) is 19.1 Å². The first-order valence-electron chi connectivity index (χ1n) is 5.67. The van der Waals surface area contributed by atoms with E-state index in [1.165, 1.54) is 12.5 Å². The van der Waals surface area contributed by atoms with Crippen molar-refractivity contribution in [1.29, 1.82) is 0 Å². The third-order valence-corrected chi connectivity index (χ3v) is 2.55. The van der Waals surface area contributed by atoms with Crippen molar-refractivity contribution in [2.45, 2.75) is 19.6 Å². The van der Waals surface area contributed by atoms with Gasteiger partial charge in [0.25, 0.3) is 0 Å². The predicted molar refractivity (Wildman–Crippen MR) is 62.5 cm³/mol. The minimum absolute atomic E-state index is 0.0542. The number of hydrogen-bond donors (Lipinski definition) is 0. The van der Waals surface area contributed by atoms with Gasteiger partial charge in [0.2, 0.25) is 5.95 Å². The third-order valence-electron chi connectivity index (χ3n) is 2.55. The molecular formula is C12H12F3N3O. The molecule has 0 bridgehead atoms. The van der Waals surface area contributed by atoms with Crippen molar-refractivity contribution < 1.29 is 17.6 Å². The molecule has 0 spiro atoms. The zero-order chi connectivity index (χ0) is 13.9. The first-order chi connectivity index (χ1) is 9.00. The van der Waals surface area contributed by atoms with E-state index in [4.69, 9.17) is 4.42 Å². The van der Waals surface area contributed by atoms with E-state index in [-0.39, 0.29) is 5.95 Å². The van der Waals surface area contributed by atoms with Crippen molar-refractivity contribution in [2.75, 3.05) is 11.4 Å². The van der Waals surface area contributed by atoms with Gasteiger partial charge in [-0.15, -0.1) is 0 Å². The summed E-state index contributed by atoms with van der Waals surface area (Å²) in [5.74, 6) is 0.0542. The number of halogens is 3. The first kappa shape index (κ1) is 13.4. The fourth-order valence-corrected chi connectivity index (χ4v) is 1.59. The third kappa shape index (κ3) is 3.24. The number of aromatic nitrogens is 2. The van der Waals surface area contributed by atoms with Crippen LogP contribution in [0.2, 0.25) is 0 Å². The summed E-state index contributed by atoms with van der Waals surface area (Å²) in [6, 6.07) is 2.60. The van der Waals surface area contributed by atoms with Crippen LogP contribution >= 0.6 is 0 Å². The van der Waals surface area contributed by atoms with Gasteiger partial charge < -0.3 is 9.32 Å². The van der Waals surface area contributed by atoms with E-state index < -0.39 is 11.9 Å². The molecule has 2 heterocycles. The average Bonchev–Trinajstić information content (AvgIpc) is 2.88. The van der Waals surface area contributed by atoms with Crippen LogP contribution in [0, 0.1) is 0 Å². The highest BCUT2D eigenvalue weighted by Gasteiger charge is 2.33. The van der Waals surface area contributed by atoms with Gasteiger partial charge in [-0.1, -0.05) is 0 Å². The highest BCUT2D eigenvalue weighted by Crippen LogP contribution is 2.28. The molecule has 0 aliphatic heterocycles. The smallest absolute Gasteiger partial charge is 0.433 e. The summed E-state index contributed by atoms with van der Waals surface area (Å²) < 4.78 is 42.7. The fourth-order valence-electron chi connectivity index (χ4n) is 1.59. The molecule has 7 heteroatoms. The van der Waals surface area contributed by atoms with Gasteiger partial charge >= 0.3 is 6.18 Å². The van der Waals surface area contributed by atoms with Crippen molar-refractivity contribution in [3.8, 4) is 0 Å². The van der Waals surface area contributed by atoms with Gasteiger partial charge in [-0.25, -0.2) is 9.97 Å². The number of nitrogens with zero attached hydrogens (tertiary/aromatic N) is 3. The van der Waals surface area contributed by atoms with Gasteiger partial charge in [-0.3, -0.25) is 0 Å². The van der Waals surface area contributed by atoms with E-state index in [0.717, 1.165) is 17.8 Å². The van der Waals surface area contributed by atoms with Crippen molar-refractivity contribution >= 4 is 5.95 Å². The quantitative estimate of drug-likeness (QED) is 0.856.